The van der Waals surface area contributed by atoms with Gasteiger partial charge in [0.15, 0.2) is 0 Å². The minimum atomic E-state index is 0.782. The van der Waals surface area contributed by atoms with Crippen LogP contribution in [0.25, 0.3) is 0 Å². The minimum Gasteiger partial charge on any atom is -0.384 e. The van der Waals surface area contributed by atoms with Gasteiger partial charge in [-0.25, -0.2) is 0 Å². The quantitative estimate of drug-likeness (QED) is 0.890. The lowest BCUT2D eigenvalue weighted by atomic mass is 10.2. The number of nitrogens with zero attached hydrogens (tertiary/aromatic N) is 1. The van der Waals surface area contributed by atoms with E-state index in [1.54, 1.807) is 0 Å². The van der Waals surface area contributed by atoms with Crippen molar-refractivity contribution in [3.8, 4) is 0 Å². The Bertz CT molecular complexity index is 483. The molecule has 0 aromatic heterocycles. The van der Waals surface area contributed by atoms with Gasteiger partial charge < -0.3 is 10.2 Å². The predicted octanol–water partition coefficient (Wildman–Crippen LogP) is 4.52. The fourth-order valence-electron chi connectivity index (χ4n) is 1.74. The Labute approximate surface area is 127 Å². The molecule has 0 amide bonds. The lowest BCUT2D eigenvalue weighted by Gasteiger charge is -2.08. The van der Waals surface area contributed by atoms with Crippen LogP contribution in [0.15, 0.2) is 54.6 Å². The SMILES string of the molecule is CCNc1ccccc1Cl.CN(C)Cc1ccccc1. The van der Waals surface area contributed by atoms with Gasteiger partial charge in [-0.3, -0.25) is 0 Å². The van der Waals surface area contributed by atoms with E-state index in [0.717, 1.165) is 23.8 Å². The molecule has 0 aliphatic heterocycles. The van der Waals surface area contributed by atoms with Gasteiger partial charge >= 0.3 is 0 Å². The number of anilines is 1. The molecule has 0 bridgehead atoms. The summed E-state index contributed by atoms with van der Waals surface area (Å²) >= 11 is 5.84. The van der Waals surface area contributed by atoms with E-state index in [2.05, 4.69) is 48.6 Å². The molecule has 2 nitrogen and oxygen atoms in total. The fourth-order valence-corrected chi connectivity index (χ4v) is 1.95. The van der Waals surface area contributed by atoms with Gasteiger partial charge in [0, 0.05) is 13.1 Å². The van der Waals surface area contributed by atoms with E-state index in [0.29, 0.717) is 0 Å². The number of hydrogen-bond acceptors (Lipinski definition) is 2. The van der Waals surface area contributed by atoms with E-state index < -0.39 is 0 Å². The first kappa shape index (κ1) is 16.5. The van der Waals surface area contributed by atoms with Crippen LogP contribution in [0.5, 0.6) is 0 Å². The van der Waals surface area contributed by atoms with Gasteiger partial charge in [-0.15, -0.1) is 0 Å². The molecule has 3 heteroatoms. The van der Waals surface area contributed by atoms with Crippen LogP contribution in [-0.4, -0.2) is 25.5 Å². The molecular formula is C17H23ClN2. The molecular weight excluding hydrogens is 268 g/mol. The third-order valence-electron chi connectivity index (χ3n) is 2.58. The second kappa shape index (κ2) is 9.40. The Morgan fingerprint density at radius 1 is 0.950 bits per heavy atom. The van der Waals surface area contributed by atoms with Crippen molar-refractivity contribution >= 4 is 17.3 Å². The van der Waals surface area contributed by atoms with Gasteiger partial charge in [0.2, 0.25) is 0 Å². The molecule has 0 radical (unpaired) electrons. The van der Waals surface area contributed by atoms with Gasteiger partial charge in [-0.1, -0.05) is 54.1 Å². The zero-order valence-electron chi connectivity index (χ0n) is 12.4. The highest BCUT2D eigenvalue weighted by Crippen LogP contribution is 2.19. The zero-order chi connectivity index (χ0) is 14.8. The topological polar surface area (TPSA) is 15.3 Å². The number of nitrogens with one attached hydrogen (secondary N) is 1. The molecule has 2 aromatic rings. The minimum absolute atomic E-state index is 0.782. The highest BCUT2D eigenvalue weighted by atomic mass is 35.5. The van der Waals surface area contributed by atoms with E-state index in [-0.39, 0.29) is 0 Å². The second-order valence-corrected chi connectivity index (χ2v) is 5.14. The van der Waals surface area contributed by atoms with Crippen LogP contribution in [0.1, 0.15) is 12.5 Å². The molecule has 1 N–H and O–H groups in total. The summed E-state index contributed by atoms with van der Waals surface area (Å²) < 4.78 is 0. The van der Waals surface area contributed by atoms with Crippen molar-refractivity contribution in [2.75, 3.05) is 26.0 Å². The van der Waals surface area contributed by atoms with E-state index >= 15 is 0 Å². The Hall–Kier alpha value is -1.51. The van der Waals surface area contributed by atoms with Gasteiger partial charge in [-0.2, -0.15) is 0 Å². The smallest absolute Gasteiger partial charge is 0.0637 e. The standard InChI is InChI=1S/C9H13N.C8H10ClN/c1-10(2)8-9-6-4-3-5-7-9;1-2-10-8-6-4-3-5-7(8)9/h3-7H,8H2,1-2H3;3-6,10H,2H2,1H3. The maximum Gasteiger partial charge on any atom is 0.0637 e. The number of benzene rings is 2. The van der Waals surface area contributed by atoms with Crippen LogP contribution in [0.2, 0.25) is 5.02 Å². The summed E-state index contributed by atoms with van der Waals surface area (Å²) in [6.45, 7) is 3.98. The number of para-hydroxylation sites is 1. The highest BCUT2D eigenvalue weighted by Gasteiger charge is 1.93. The van der Waals surface area contributed by atoms with E-state index in [4.69, 9.17) is 11.6 Å². The third kappa shape index (κ3) is 6.60. The summed E-state index contributed by atoms with van der Waals surface area (Å²) in [6, 6.07) is 18.2. The Morgan fingerprint density at radius 2 is 1.55 bits per heavy atom. The van der Waals surface area contributed by atoms with Crippen molar-refractivity contribution in [2.24, 2.45) is 0 Å². The average molecular weight is 291 g/mol. The van der Waals surface area contributed by atoms with Crippen molar-refractivity contribution < 1.29 is 0 Å². The molecule has 0 fully saturated rings. The molecule has 0 atom stereocenters. The molecule has 0 aliphatic rings. The van der Waals surface area contributed by atoms with Gasteiger partial charge in [-0.05, 0) is 38.7 Å². The fraction of sp³-hybridized carbons (Fsp3) is 0.294. The first-order valence-electron chi connectivity index (χ1n) is 6.80. The number of hydrogen-bond donors (Lipinski definition) is 1. The molecule has 0 saturated heterocycles. The molecule has 108 valence electrons. The van der Waals surface area contributed by atoms with Crippen LogP contribution >= 0.6 is 11.6 Å². The Morgan fingerprint density at radius 3 is 2.10 bits per heavy atom. The molecule has 0 spiro atoms. The van der Waals surface area contributed by atoms with E-state index in [9.17, 15) is 0 Å². The van der Waals surface area contributed by atoms with Gasteiger partial charge in [0.05, 0.1) is 10.7 Å². The first-order valence-corrected chi connectivity index (χ1v) is 7.18. The molecule has 0 heterocycles. The Kier molecular flexibility index (Phi) is 7.78. The van der Waals surface area contributed by atoms with Crippen molar-refractivity contribution in [2.45, 2.75) is 13.5 Å². The summed E-state index contributed by atoms with van der Waals surface area (Å²) in [5.41, 5.74) is 2.37. The highest BCUT2D eigenvalue weighted by molar-refractivity contribution is 6.33. The molecule has 2 aromatic carbocycles. The van der Waals surface area contributed by atoms with Gasteiger partial charge in [0.25, 0.3) is 0 Å². The molecule has 2 rings (SSSR count). The average Bonchev–Trinajstić information content (AvgIpc) is 2.43. The molecule has 0 unspecified atom stereocenters. The van der Waals surface area contributed by atoms with Crippen LogP contribution < -0.4 is 5.32 Å². The van der Waals surface area contributed by atoms with E-state index in [1.165, 1.54) is 5.56 Å². The van der Waals surface area contributed by atoms with Crippen LogP contribution in [0.3, 0.4) is 0 Å². The largest absolute Gasteiger partial charge is 0.384 e. The van der Waals surface area contributed by atoms with Crippen LogP contribution in [0.4, 0.5) is 5.69 Å². The molecule has 0 saturated carbocycles. The van der Waals surface area contributed by atoms with Crippen molar-refractivity contribution in [1.82, 2.24) is 4.90 Å². The molecule has 0 aliphatic carbocycles. The summed E-state index contributed by atoms with van der Waals surface area (Å²) in [4.78, 5) is 2.16. The molecule has 20 heavy (non-hydrogen) atoms. The lowest BCUT2D eigenvalue weighted by Crippen LogP contribution is -2.10. The number of halogens is 1. The maximum absolute atomic E-state index is 5.84. The zero-order valence-corrected chi connectivity index (χ0v) is 13.2. The van der Waals surface area contributed by atoms with Crippen LogP contribution in [0, 0.1) is 0 Å². The predicted molar refractivity (Wildman–Crippen MR) is 89.4 cm³/mol. The third-order valence-corrected chi connectivity index (χ3v) is 2.91. The first-order chi connectivity index (χ1) is 9.63. The summed E-state index contributed by atoms with van der Waals surface area (Å²) in [5.74, 6) is 0. The summed E-state index contributed by atoms with van der Waals surface area (Å²) in [5, 5.41) is 3.93. The van der Waals surface area contributed by atoms with E-state index in [1.807, 2.05) is 37.3 Å². The number of rotatable bonds is 4. The van der Waals surface area contributed by atoms with Crippen molar-refractivity contribution in [3.05, 3.63) is 65.2 Å². The summed E-state index contributed by atoms with van der Waals surface area (Å²) in [6.07, 6.45) is 0. The normalized spacial score (nSPS) is 9.85. The van der Waals surface area contributed by atoms with Crippen LogP contribution in [-0.2, 0) is 6.54 Å². The maximum atomic E-state index is 5.84. The second-order valence-electron chi connectivity index (χ2n) is 4.73. The van der Waals surface area contributed by atoms with Gasteiger partial charge in [0.1, 0.15) is 0 Å². The van der Waals surface area contributed by atoms with Crippen molar-refractivity contribution in [3.63, 3.8) is 0 Å². The Balaban J connectivity index is 0.000000200. The van der Waals surface area contributed by atoms with Crippen molar-refractivity contribution in [1.29, 1.82) is 0 Å². The lowest BCUT2D eigenvalue weighted by molar-refractivity contribution is 0.402. The summed E-state index contributed by atoms with van der Waals surface area (Å²) in [7, 11) is 4.15. The monoisotopic (exact) mass is 290 g/mol.